The van der Waals surface area contributed by atoms with E-state index in [-0.39, 0.29) is 0 Å². The normalized spacial score (nSPS) is 12.4. The predicted octanol–water partition coefficient (Wildman–Crippen LogP) is 2.65. The van der Waals surface area contributed by atoms with Gasteiger partial charge in [-0.25, -0.2) is 0 Å². The summed E-state index contributed by atoms with van der Waals surface area (Å²) in [5.74, 6) is 0.721. The Morgan fingerprint density at radius 1 is 1.19 bits per heavy atom. The van der Waals surface area contributed by atoms with Crippen molar-refractivity contribution in [1.29, 1.82) is 0 Å². The fraction of sp³-hybridized carbons (Fsp3) is 0.353. The van der Waals surface area contributed by atoms with Crippen LogP contribution < -0.4 is 4.74 Å². The van der Waals surface area contributed by atoms with Crippen molar-refractivity contribution in [2.45, 2.75) is 19.6 Å². The summed E-state index contributed by atoms with van der Waals surface area (Å²) >= 11 is 0. The third-order valence-electron chi connectivity index (χ3n) is 3.49. The zero-order valence-corrected chi connectivity index (χ0v) is 12.6. The fourth-order valence-electron chi connectivity index (χ4n) is 2.31. The number of methoxy groups -OCH3 is 1. The van der Waals surface area contributed by atoms with Gasteiger partial charge in [-0.2, -0.15) is 0 Å². The van der Waals surface area contributed by atoms with Gasteiger partial charge in [0.05, 0.1) is 18.9 Å². The number of benzene rings is 1. The molecule has 0 radical (unpaired) electrons. The summed E-state index contributed by atoms with van der Waals surface area (Å²) in [6.45, 7) is 4.21. The van der Waals surface area contributed by atoms with Gasteiger partial charge in [-0.15, -0.1) is 0 Å². The maximum absolute atomic E-state index is 10.5. The van der Waals surface area contributed by atoms with Crippen molar-refractivity contribution in [3.63, 3.8) is 0 Å². The van der Waals surface area contributed by atoms with Gasteiger partial charge in [0.15, 0.2) is 0 Å². The molecule has 1 atom stereocenters. The van der Waals surface area contributed by atoms with E-state index >= 15 is 0 Å². The molecule has 0 aliphatic carbocycles. The molecule has 2 aromatic rings. The lowest BCUT2D eigenvalue weighted by Gasteiger charge is -2.24. The molecule has 0 saturated carbocycles. The number of likely N-dealkylation sites (N-methyl/N-ethyl adjacent to an activating group) is 1. The summed E-state index contributed by atoms with van der Waals surface area (Å²) in [7, 11) is 1.62. The number of aliphatic hydroxyl groups excluding tert-OH is 1. The molecular weight excluding hydrogens is 264 g/mol. The van der Waals surface area contributed by atoms with E-state index in [0.29, 0.717) is 6.54 Å². The minimum atomic E-state index is -0.579. The van der Waals surface area contributed by atoms with Crippen LogP contribution in [0.3, 0.4) is 0 Å². The molecule has 0 aliphatic heterocycles. The van der Waals surface area contributed by atoms with E-state index in [1.165, 1.54) is 0 Å². The Hall–Kier alpha value is -1.91. The Kier molecular flexibility index (Phi) is 5.72. The number of pyridine rings is 1. The van der Waals surface area contributed by atoms with E-state index in [1.54, 1.807) is 13.3 Å². The van der Waals surface area contributed by atoms with Gasteiger partial charge in [-0.05, 0) is 24.7 Å². The van der Waals surface area contributed by atoms with Crippen LogP contribution in [0.15, 0.2) is 48.7 Å². The monoisotopic (exact) mass is 286 g/mol. The molecule has 0 amide bonds. The average molecular weight is 286 g/mol. The molecule has 1 heterocycles. The van der Waals surface area contributed by atoms with Crippen LogP contribution in [0.4, 0.5) is 0 Å². The first-order valence-corrected chi connectivity index (χ1v) is 7.17. The number of rotatable bonds is 7. The Morgan fingerprint density at radius 2 is 1.95 bits per heavy atom. The molecule has 2 rings (SSSR count). The highest BCUT2D eigenvalue weighted by atomic mass is 16.5. The molecule has 112 valence electrons. The van der Waals surface area contributed by atoms with Gasteiger partial charge in [0.1, 0.15) is 5.75 Å². The number of para-hydroxylation sites is 1. The summed E-state index contributed by atoms with van der Waals surface area (Å²) in [4.78, 5) is 6.50. The zero-order chi connectivity index (χ0) is 15.1. The highest BCUT2D eigenvalue weighted by Gasteiger charge is 2.16. The summed E-state index contributed by atoms with van der Waals surface area (Å²) in [5, 5.41) is 10.5. The summed E-state index contributed by atoms with van der Waals surface area (Å²) in [5.41, 5.74) is 1.83. The number of aliphatic hydroxyl groups is 1. The van der Waals surface area contributed by atoms with Crippen molar-refractivity contribution in [2.75, 3.05) is 20.2 Å². The molecule has 0 saturated heterocycles. The second kappa shape index (κ2) is 7.76. The topological polar surface area (TPSA) is 45.6 Å². The Morgan fingerprint density at radius 3 is 2.62 bits per heavy atom. The lowest BCUT2D eigenvalue weighted by atomic mass is 10.1. The molecule has 1 aromatic carbocycles. The van der Waals surface area contributed by atoms with Crippen LogP contribution in [0.1, 0.15) is 24.3 Å². The smallest absolute Gasteiger partial charge is 0.124 e. The Labute approximate surface area is 126 Å². The second-order valence-corrected chi connectivity index (χ2v) is 4.91. The van der Waals surface area contributed by atoms with Crippen LogP contribution in [-0.4, -0.2) is 35.2 Å². The van der Waals surface area contributed by atoms with Crippen LogP contribution in [-0.2, 0) is 6.54 Å². The van der Waals surface area contributed by atoms with E-state index in [1.807, 2.05) is 42.5 Å². The van der Waals surface area contributed by atoms with Gasteiger partial charge < -0.3 is 9.84 Å². The molecular formula is C17H22N2O2. The van der Waals surface area contributed by atoms with Gasteiger partial charge in [0.2, 0.25) is 0 Å². The van der Waals surface area contributed by atoms with Crippen molar-refractivity contribution >= 4 is 0 Å². The van der Waals surface area contributed by atoms with Crippen LogP contribution in [0.5, 0.6) is 5.75 Å². The molecule has 1 N–H and O–H groups in total. The highest BCUT2D eigenvalue weighted by molar-refractivity contribution is 5.35. The molecule has 4 nitrogen and oxygen atoms in total. The van der Waals surface area contributed by atoms with Crippen LogP contribution in [0.2, 0.25) is 0 Å². The summed E-state index contributed by atoms with van der Waals surface area (Å²) in [6.07, 6.45) is 1.21. The molecule has 21 heavy (non-hydrogen) atoms. The van der Waals surface area contributed by atoms with Gasteiger partial charge >= 0.3 is 0 Å². The minimum absolute atomic E-state index is 0.549. The first-order chi connectivity index (χ1) is 10.2. The second-order valence-electron chi connectivity index (χ2n) is 4.91. The van der Waals surface area contributed by atoms with Gasteiger partial charge in [0, 0.05) is 24.8 Å². The van der Waals surface area contributed by atoms with E-state index in [0.717, 1.165) is 30.1 Å². The maximum atomic E-state index is 10.5. The highest BCUT2D eigenvalue weighted by Crippen LogP contribution is 2.25. The fourth-order valence-corrected chi connectivity index (χ4v) is 2.31. The molecule has 0 fully saturated rings. The minimum Gasteiger partial charge on any atom is -0.496 e. The van der Waals surface area contributed by atoms with Gasteiger partial charge in [-0.1, -0.05) is 31.2 Å². The standard InChI is InChI=1S/C17H22N2O2/c1-3-19(12-14-8-6-7-11-18-14)13-16(20)15-9-4-5-10-17(15)21-2/h4-11,16,20H,3,12-13H2,1-2H3. The van der Waals surface area contributed by atoms with Crippen molar-refractivity contribution in [3.8, 4) is 5.75 Å². The lowest BCUT2D eigenvalue weighted by Crippen LogP contribution is -2.28. The summed E-state index contributed by atoms with van der Waals surface area (Å²) < 4.78 is 5.31. The van der Waals surface area contributed by atoms with Gasteiger partial charge in [-0.3, -0.25) is 9.88 Å². The van der Waals surface area contributed by atoms with E-state index < -0.39 is 6.10 Å². The molecule has 0 spiro atoms. The number of hydrogen-bond acceptors (Lipinski definition) is 4. The van der Waals surface area contributed by atoms with Crippen molar-refractivity contribution in [2.24, 2.45) is 0 Å². The zero-order valence-electron chi connectivity index (χ0n) is 12.6. The third kappa shape index (κ3) is 4.28. The number of ether oxygens (including phenoxy) is 1. The van der Waals surface area contributed by atoms with Crippen molar-refractivity contribution in [3.05, 3.63) is 59.9 Å². The van der Waals surface area contributed by atoms with Crippen LogP contribution in [0.25, 0.3) is 0 Å². The van der Waals surface area contributed by atoms with Crippen molar-refractivity contribution in [1.82, 2.24) is 9.88 Å². The number of hydrogen-bond donors (Lipinski definition) is 1. The number of nitrogens with zero attached hydrogens (tertiary/aromatic N) is 2. The molecule has 1 unspecified atom stereocenters. The molecule has 0 bridgehead atoms. The predicted molar refractivity (Wildman–Crippen MR) is 83.1 cm³/mol. The lowest BCUT2D eigenvalue weighted by molar-refractivity contribution is 0.109. The number of aromatic nitrogens is 1. The molecule has 4 heteroatoms. The van der Waals surface area contributed by atoms with Gasteiger partial charge in [0.25, 0.3) is 0 Å². The quantitative estimate of drug-likeness (QED) is 0.850. The summed E-state index contributed by atoms with van der Waals surface area (Å²) in [6, 6.07) is 13.5. The molecule has 0 aliphatic rings. The maximum Gasteiger partial charge on any atom is 0.124 e. The van der Waals surface area contributed by atoms with Crippen LogP contribution in [0, 0.1) is 0 Å². The average Bonchev–Trinajstić information content (AvgIpc) is 2.55. The Balaban J connectivity index is 2.04. The SMILES string of the molecule is CCN(Cc1ccccn1)CC(O)c1ccccc1OC. The van der Waals surface area contributed by atoms with E-state index in [4.69, 9.17) is 4.74 Å². The van der Waals surface area contributed by atoms with Crippen molar-refractivity contribution < 1.29 is 9.84 Å². The Bertz CT molecular complexity index is 545. The first-order valence-electron chi connectivity index (χ1n) is 7.17. The third-order valence-corrected chi connectivity index (χ3v) is 3.49. The van der Waals surface area contributed by atoms with E-state index in [9.17, 15) is 5.11 Å². The largest absolute Gasteiger partial charge is 0.496 e. The van der Waals surface area contributed by atoms with E-state index in [2.05, 4.69) is 16.8 Å². The molecule has 1 aromatic heterocycles. The first kappa shape index (κ1) is 15.5. The van der Waals surface area contributed by atoms with Crippen LogP contribution >= 0.6 is 0 Å².